The number of nitrogens with two attached hydrogens (primary N) is 1. The van der Waals surface area contributed by atoms with Crippen LogP contribution in [0.25, 0.3) is 0 Å². The molecule has 0 aliphatic carbocycles. The lowest BCUT2D eigenvalue weighted by atomic mass is 10.3. The summed E-state index contributed by atoms with van der Waals surface area (Å²) in [7, 11) is 0. The number of hydrogen-bond acceptors (Lipinski definition) is 4. The standard InChI is InChI=1S/C8H11FN4/c9-6-3-11-8(12-4-6)13-2-1-7(10)5-13/h3-4,7H,1-2,5,10H2/t7-/m1/s1. The number of rotatable bonds is 1. The Balaban J connectivity index is 2.13. The topological polar surface area (TPSA) is 55.0 Å². The van der Waals surface area contributed by atoms with E-state index in [2.05, 4.69) is 9.97 Å². The van der Waals surface area contributed by atoms with Crippen molar-refractivity contribution < 1.29 is 4.39 Å². The molecule has 2 heterocycles. The first-order valence-electron chi connectivity index (χ1n) is 4.24. The van der Waals surface area contributed by atoms with Crippen molar-refractivity contribution in [2.75, 3.05) is 18.0 Å². The SMILES string of the molecule is N[C@@H]1CCN(c2ncc(F)cn2)C1. The fourth-order valence-corrected chi connectivity index (χ4v) is 1.44. The molecule has 0 radical (unpaired) electrons. The highest BCUT2D eigenvalue weighted by atomic mass is 19.1. The summed E-state index contributed by atoms with van der Waals surface area (Å²) in [4.78, 5) is 9.72. The van der Waals surface area contributed by atoms with E-state index in [0.717, 1.165) is 19.5 Å². The Labute approximate surface area is 75.6 Å². The number of halogens is 1. The highest BCUT2D eigenvalue weighted by Crippen LogP contribution is 2.13. The van der Waals surface area contributed by atoms with Gasteiger partial charge in [-0.3, -0.25) is 0 Å². The van der Waals surface area contributed by atoms with Crippen LogP contribution in [0.15, 0.2) is 12.4 Å². The minimum absolute atomic E-state index is 0.189. The molecule has 0 amide bonds. The summed E-state index contributed by atoms with van der Waals surface area (Å²) in [5, 5.41) is 0. The fraction of sp³-hybridized carbons (Fsp3) is 0.500. The van der Waals surface area contributed by atoms with Crippen molar-refractivity contribution in [2.45, 2.75) is 12.5 Å². The molecule has 1 aliphatic rings. The second kappa shape index (κ2) is 3.26. The van der Waals surface area contributed by atoms with Crippen LogP contribution in [0.4, 0.5) is 10.3 Å². The first-order chi connectivity index (χ1) is 6.25. The van der Waals surface area contributed by atoms with Crippen molar-refractivity contribution in [1.29, 1.82) is 0 Å². The van der Waals surface area contributed by atoms with Gasteiger partial charge in [0.1, 0.15) is 0 Å². The maximum Gasteiger partial charge on any atom is 0.225 e. The minimum Gasteiger partial charge on any atom is -0.339 e. The molecule has 2 rings (SSSR count). The largest absolute Gasteiger partial charge is 0.339 e. The van der Waals surface area contributed by atoms with Gasteiger partial charge in [-0.15, -0.1) is 0 Å². The normalized spacial score (nSPS) is 22.3. The molecule has 0 bridgehead atoms. The van der Waals surface area contributed by atoms with Gasteiger partial charge in [0.2, 0.25) is 5.95 Å². The first-order valence-corrected chi connectivity index (χ1v) is 4.24. The van der Waals surface area contributed by atoms with Crippen LogP contribution in [-0.2, 0) is 0 Å². The summed E-state index contributed by atoms with van der Waals surface area (Å²) in [5.41, 5.74) is 5.72. The van der Waals surface area contributed by atoms with Gasteiger partial charge in [0.05, 0.1) is 12.4 Å². The number of hydrogen-bond donors (Lipinski definition) is 1. The quantitative estimate of drug-likeness (QED) is 0.671. The van der Waals surface area contributed by atoms with E-state index in [9.17, 15) is 4.39 Å². The molecule has 5 heteroatoms. The molecule has 0 spiro atoms. The van der Waals surface area contributed by atoms with E-state index in [4.69, 9.17) is 5.73 Å². The summed E-state index contributed by atoms with van der Waals surface area (Å²) in [6.45, 7) is 1.61. The second-order valence-electron chi connectivity index (χ2n) is 3.20. The van der Waals surface area contributed by atoms with E-state index in [-0.39, 0.29) is 6.04 Å². The zero-order chi connectivity index (χ0) is 9.26. The second-order valence-corrected chi connectivity index (χ2v) is 3.20. The lowest BCUT2D eigenvalue weighted by Gasteiger charge is -2.14. The van der Waals surface area contributed by atoms with Crippen molar-refractivity contribution >= 4 is 5.95 Å². The summed E-state index contributed by atoms with van der Waals surface area (Å²) in [6.07, 6.45) is 3.29. The average Bonchev–Trinajstić information content (AvgIpc) is 2.53. The maximum absolute atomic E-state index is 12.5. The van der Waals surface area contributed by atoms with Gasteiger partial charge in [-0.1, -0.05) is 0 Å². The van der Waals surface area contributed by atoms with Crippen LogP contribution in [0.5, 0.6) is 0 Å². The lowest BCUT2D eigenvalue weighted by Crippen LogP contribution is -2.27. The average molecular weight is 182 g/mol. The first kappa shape index (κ1) is 8.37. The maximum atomic E-state index is 12.5. The Morgan fingerprint density at radius 1 is 1.46 bits per heavy atom. The molecule has 1 aliphatic heterocycles. The van der Waals surface area contributed by atoms with Crippen molar-refractivity contribution in [3.63, 3.8) is 0 Å². The van der Waals surface area contributed by atoms with Crippen LogP contribution in [0, 0.1) is 5.82 Å². The molecule has 1 aromatic heterocycles. The van der Waals surface area contributed by atoms with Crippen molar-refractivity contribution in [3.8, 4) is 0 Å². The smallest absolute Gasteiger partial charge is 0.225 e. The third-order valence-corrected chi connectivity index (χ3v) is 2.11. The van der Waals surface area contributed by atoms with E-state index >= 15 is 0 Å². The molecule has 1 saturated heterocycles. The van der Waals surface area contributed by atoms with Gasteiger partial charge in [-0.05, 0) is 6.42 Å². The van der Waals surface area contributed by atoms with Gasteiger partial charge in [0, 0.05) is 19.1 Å². The number of aromatic nitrogens is 2. The van der Waals surface area contributed by atoms with Crippen molar-refractivity contribution in [1.82, 2.24) is 9.97 Å². The molecular weight excluding hydrogens is 171 g/mol. The van der Waals surface area contributed by atoms with Crippen molar-refractivity contribution in [2.24, 2.45) is 5.73 Å². The van der Waals surface area contributed by atoms with Crippen molar-refractivity contribution in [3.05, 3.63) is 18.2 Å². The Morgan fingerprint density at radius 2 is 2.15 bits per heavy atom. The molecule has 1 atom stereocenters. The van der Waals surface area contributed by atoms with E-state index in [1.807, 2.05) is 4.90 Å². The van der Waals surface area contributed by atoms with Crippen LogP contribution in [0.2, 0.25) is 0 Å². The van der Waals surface area contributed by atoms with Gasteiger partial charge in [-0.25, -0.2) is 14.4 Å². The van der Waals surface area contributed by atoms with Gasteiger partial charge >= 0.3 is 0 Å². The van der Waals surface area contributed by atoms with Crippen LogP contribution < -0.4 is 10.6 Å². The minimum atomic E-state index is -0.410. The van der Waals surface area contributed by atoms with Crippen LogP contribution in [0.1, 0.15) is 6.42 Å². The summed E-state index contributed by atoms with van der Waals surface area (Å²) in [5.74, 6) is 0.154. The summed E-state index contributed by atoms with van der Waals surface area (Å²) >= 11 is 0. The van der Waals surface area contributed by atoms with Gasteiger partial charge in [0.25, 0.3) is 0 Å². The zero-order valence-corrected chi connectivity index (χ0v) is 7.15. The molecule has 4 nitrogen and oxygen atoms in total. The predicted molar refractivity (Wildman–Crippen MR) is 46.8 cm³/mol. The Morgan fingerprint density at radius 3 is 2.69 bits per heavy atom. The summed E-state index contributed by atoms with van der Waals surface area (Å²) < 4.78 is 12.5. The molecule has 2 N–H and O–H groups in total. The molecule has 13 heavy (non-hydrogen) atoms. The van der Waals surface area contributed by atoms with Gasteiger partial charge in [-0.2, -0.15) is 0 Å². The fourth-order valence-electron chi connectivity index (χ4n) is 1.44. The molecule has 0 unspecified atom stereocenters. The van der Waals surface area contributed by atoms with Crippen LogP contribution in [0.3, 0.4) is 0 Å². The van der Waals surface area contributed by atoms with Gasteiger partial charge in [0.15, 0.2) is 5.82 Å². The number of anilines is 1. The molecular formula is C8H11FN4. The third kappa shape index (κ3) is 1.75. The Bertz CT molecular complexity index is 287. The summed E-state index contributed by atoms with van der Waals surface area (Å²) in [6, 6.07) is 0.189. The molecule has 1 aromatic rings. The third-order valence-electron chi connectivity index (χ3n) is 2.11. The highest BCUT2D eigenvalue weighted by molar-refractivity contribution is 5.30. The van der Waals surface area contributed by atoms with E-state index in [1.165, 1.54) is 12.4 Å². The number of nitrogens with zero attached hydrogens (tertiary/aromatic N) is 3. The molecule has 70 valence electrons. The van der Waals surface area contributed by atoms with E-state index < -0.39 is 5.82 Å². The van der Waals surface area contributed by atoms with E-state index in [1.54, 1.807) is 0 Å². The zero-order valence-electron chi connectivity index (χ0n) is 7.15. The lowest BCUT2D eigenvalue weighted by molar-refractivity contribution is 0.612. The van der Waals surface area contributed by atoms with Gasteiger partial charge < -0.3 is 10.6 Å². The Kier molecular flexibility index (Phi) is 2.10. The molecule has 0 aromatic carbocycles. The van der Waals surface area contributed by atoms with E-state index in [0.29, 0.717) is 5.95 Å². The highest BCUT2D eigenvalue weighted by Gasteiger charge is 2.20. The van der Waals surface area contributed by atoms with Crippen LogP contribution in [-0.4, -0.2) is 29.1 Å². The Hall–Kier alpha value is -1.23. The predicted octanol–water partition coefficient (Wildman–Crippen LogP) is 0.153. The van der Waals surface area contributed by atoms with Crippen LogP contribution >= 0.6 is 0 Å². The molecule has 0 saturated carbocycles. The molecule has 1 fully saturated rings. The monoisotopic (exact) mass is 182 g/mol.